The molecule has 1 heterocycles. The quantitative estimate of drug-likeness (QED) is 0.639. The fourth-order valence-electron chi connectivity index (χ4n) is 2.87. The third-order valence-electron chi connectivity index (χ3n) is 3.76. The van der Waals surface area contributed by atoms with Crippen molar-refractivity contribution in [2.75, 3.05) is 25.2 Å². The number of aliphatic hydroxyl groups is 1. The lowest BCUT2D eigenvalue weighted by atomic mass is 10.1. The molecule has 1 atom stereocenters. The molecule has 1 saturated heterocycles. The van der Waals surface area contributed by atoms with Gasteiger partial charge in [0.1, 0.15) is 5.69 Å². The molecular weight excluding hydrogens is 260 g/mol. The number of nitrogens with zero attached hydrogens (tertiary/aromatic N) is 2. The Morgan fingerprint density at radius 2 is 2.35 bits per heavy atom. The summed E-state index contributed by atoms with van der Waals surface area (Å²) in [5.74, 6) is 0.292. The zero-order chi connectivity index (χ0) is 14.5. The van der Waals surface area contributed by atoms with Gasteiger partial charge in [0.15, 0.2) is 5.75 Å². The molecule has 1 aromatic rings. The molecule has 1 aliphatic heterocycles. The van der Waals surface area contributed by atoms with E-state index in [0.29, 0.717) is 11.4 Å². The molecule has 0 spiro atoms. The molecule has 6 nitrogen and oxygen atoms in total. The molecule has 2 rings (SSSR count). The summed E-state index contributed by atoms with van der Waals surface area (Å²) in [6.45, 7) is 0.967. The Balaban J connectivity index is 2.33. The minimum Gasteiger partial charge on any atom is -0.490 e. The van der Waals surface area contributed by atoms with Crippen LogP contribution in [-0.4, -0.2) is 36.3 Å². The van der Waals surface area contributed by atoms with Crippen LogP contribution >= 0.6 is 0 Å². The number of ether oxygens (including phenoxy) is 1. The van der Waals surface area contributed by atoms with E-state index in [1.54, 1.807) is 18.2 Å². The number of anilines is 1. The van der Waals surface area contributed by atoms with Crippen LogP contribution in [0.5, 0.6) is 5.75 Å². The second kappa shape index (κ2) is 6.56. The Kier molecular flexibility index (Phi) is 4.79. The van der Waals surface area contributed by atoms with Crippen molar-refractivity contribution in [2.24, 2.45) is 0 Å². The van der Waals surface area contributed by atoms with E-state index in [-0.39, 0.29) is 23.3 Å². The van der Waals surface area contributed by atoms with Gasteiger partial charge in [0.2, 0.25) is 0 Å². The number of nitro benzene ring substituents is 1. The van der Waals surface area contributed by atoms with E-state index < -0.39 is 0 Å². The van der Waals surface area contributed by atoms with Crippen LogP contribution in [0.3, 0.4) is 0 Å². The van der Waals surface area contributed by atoms with E-state index in [4.69, 9.17) is 9.84 Å². The Morgan fingerprint density at radius 3 is 3.00 bits per heavy atom. The first-order chi connectivity index (χ1) is 9.69. The standard InChI is InChI=1S/C14H20N2O4/c1-20-13-8-2-7-12(14(13)16(18)19)15-9-3-5-11(15)6-4-10-17/h2,7-8,11,17H,3-6,9-10H2,1H3. The first-order valence-electron chi connectivity index (χ1n) is 6.88. The lowest BCUT2D eigenvalue weighted by molar-refractivity contribution is -0.385. The topological polar surface area (TPSA) is 75.8 Å². The summed E-state index contributed by atoms with van der Waals surface area (Å²) in [5.41, 5.74) is 0.653. The van der Waals surface area contributed by atoms with Crippen molar-refractivity contribution >= 4 is 11.4 Å². The monoisotopic (exact) mass is 280 g/mol. The zero-order valence-electron chi connectivity index (χ0n) is 11.6. The van der Waals surface area contributed by atoms with E-state index in [2.05, 4.69) is 4.90 Å². The molecule has 0 radical (unpaired) electrons. The van der Waals surface area contributed by atoms with Crippen LogP contribution in [0.25, 0.3) is 0 Å². The molecule has 1 unspecified atom stereocenters. The molecule has 0 amide bonds. The molecule has 6 heteroatoms. The van der Waals surface area contributed by atoms with Gasteiger partial charge in [0, 0.05) is 19.2 Å². The molecule has 1 aromatic carbocycles. The normalized spacial score (nSPS) is 18.3. The summed E-state index contributed by atoms with van der Waals surface area (Å²) in [5, 5.41) is 20.3. The molecule has 110 valence electrons. The van der Waals surface area contributed by atoms with Gasteiger partial charge >= 0.3 is 5.69 Å². The summed E-state index contributed by atoms with van der Waals surface area (Å²) >= 11 is 0. The van der Waals surface area contributed by atoms with Gasteiger partial charge in [-0.2, -0.15) is 0 Å². The van der Waals surface area contributed by atoms with Crippen LogP contribution in [0.4, 0.5) is 11.4 Å². The SMILES string of the molecule is COc1cccc(N2CCCC2CCCO)c1[N+](=O)[O-]. The van der Waals surface area contributed by atoms with Crippen molar-refractivity contribution in [3.8, 4) is 5.75 Å². The van der Waals surface area contributed by atoms with Gasteiger partial charge in [-0.05, 0) is 37.8 Å². The fraction of sp³-hybridized carbons (Fsp3) is 0.571. The predicted molar refractivity (Wildman–Crippen MR) is 76.3 cm³/mol. The Morgan fingerprint density at radius 1 is 1.55 bits per heavy atom. The Hall–Kier alpha value is -1.82. The van der Waals surface area contributed by atoms with Gasteiger partial charge < -0.3 is 14.7 Å². The van der Waals surface area contributed by atoms with Crippen molar-refractivity contribution in [1.29, 1.82) is 0 Å². The van der Waals surface area contributed by atoms with Crippen LogP contribution in [0.2, 0.25) is 0 Å². The second-order valence-electron chi connectivity index (χ2n) is 4.94. The Bertz CT molecular complexity index is 478. The van der Waals surface area contributed by atoms with Crippen molar-refractivity contribution in [2.45, 2.75) is 31.7 Å². The summed E-state index contributed by atoms with van der Waals surface area (Å²) in [4.78, 5) is 13.0. The molecule has 1 N–H and O–H groups in total. The summed E-state index contributed by atoms with van der Waals surface area (Å²) in [6, 6.07) is 5.42. The molecule has 0 bridgehead atoms. The highest BCUT2D eigenvalue weighted by atomic mass is 16.6. The highest BCUT2D eigenvalue weighted by Crippen LogP contribution is 2.40. The van der Waals surface area contributed by atoms with Crippen molar-refractivity contribution < 1.29 is 14.8 Å². The van der Waals surface area contributed by atoms with Crippen LogP contribution in [0.15, 0.2) is 18.2 Å². The summed E-state index contributed by atoms with van der Waals surface area (Å²) in [6.07, 6.45) is 3.60. The van der Waals surface area contributed by atoms with Gasteiger partial charge in [-0.3, -0.25) is 10.1 Å². The highest BCUT2D eigenvalue weighted by molar-refractivity contribution is 5.70. The second-order valence-corrected chi connectivity index (χ2v) is 4.94. The average molecular weight is 280 g/mol. The maximum absolute atomic E-state index is 11.3. The largest absolute Gasteiger partial charge is 0.490 e. The van der Waals surface area contributed by atoms with Crippen LogP contribution in [0.1, 0.15) is 25.7 Å². The molecule has 1 aliphatic rings. The summed E-state index contributed by atoms with van der Waals surface area (Å²) in [7, 11) is 1.44. The lowest BCUT2D eigenvalue weighted by Crippen LogP contribution is -2.30. The van der Waals surface area contributed by atoms with E-state index in [1.807, 2.05) is 0 Å². The molecule has 0 saturated carbocycles. The van der Waals surface area contributed by atoms with Gasteiger partial charge in [-0.25, -0.2) is 0 Å². The number of para-hydroxylation sites is 1. The number of hydrogen-bond donors (Lipinski definition) is 1. The first kappa shape index (κ1) is 14.6. The maximum atomic E-state index is 11.3. The molecule has 0 aromatic heterocycles. The number of nitro groups is 1. The van der Waals surface area contributed by atoms with Crippen molar-refractivity contribution in [3.05, 3.63) is 28.3 Å². The minimum atomic E-state index is -0.379. The number of rotatable bonds is 6. The van der Waals surface area contributed by atoms with Gasteiger partial charge in [0.25, 0.3) is 0 Å². The first-order valence-corrected chi connectivity index (χ1v) is 6.88. The van der Waals surface area contributed by atoms with E-state index >= 15 is 0 Å². The molecule has 1 fully saturated rings. The summed E-state index contributed by atoms with van der Waals surface area (Å²) < 4.78 is 5.11. The van der Waals surface area contributed by atoms with E-state index in [0.717, 1.165) is 32.2 Å². The van der Waals surface area contributed by atoms with Crippen LogP contribution in [-0.2, 0) is 0 Å². The number of hydrogen-bond acceptors (Lipinski definition) is 5. The number of methoxy groups -OCH3 is 1. The predicted octanol–water partition coefficient (Wildman–Crippen LogP) is 2.34. The van der Waals surface area contributed by atoms with Gasteiger partial charge in [-0.15, -0.1) is 0 Å². The number of benzene rings is 1. The van der Waals surface area contributed by atoms with Crippen molar-refractivity contribution in [3.63, 3.8) is 0 Å². The Labute approximate surface area is 118 Å². The maximum Gasteiger partial charge on any atom is 0.333 e. The van der Waals surface area contributed by atoms with Crippen LogP contribution < -0.4 is 9.64 Å². The van der Waals surface area contributed by atoms with Crippen LogP contribution in [0, 0.1) is 10.1 Å². The zero-order valence-corrected chi connectivity index (χ0v) is 11.6. The molecule has 20 heavy (non-hydrogen) atoms. The van der Waals surface area contributed by atoms with E-state index in [9.17, 15) is 10.1 Å². The third-order valence-corrected chi connectivity index (χ3v) is 3.76. The smallest absolute Gasteiger partial charge is 0.333 e. The third kappa shape index (κ3) is 2.85. The average Bonchev–Trinajstić information content (AvgIpc) is 2.92. The van der Waals surface area contributed by atoms with Gasteiger partial charge in [0.05, 0.1) is 12.0 Å². The molecular formula is C14H20N2O4. The van der Waals surface area contributed by atoms with Crippen molar-refractivity contribution in [1.82, 2.24) is 0 Å². The minimum absolute atomic E-state index is 0.0332. The fourth-order valence-corrected chi connectivity index (χ4v) is 2.87. The lowest BCUT2D eigenvalue weighted by Gasteiger charge is -2.26. The van der Waals surface area contributed by atoms with Gasteiger partial charge in [-0.1, -0.05) is 6.07 Å². The molecule has 0 aliphatic carbocycles. The number of aliphatic hydroxyl groups excluding tert-OH is 1. The van der Waals surface area contributed by atoms with E-state index in [1.165, 1.54) is 7.11 Å². The highest BCUT2D eigenvalue weighted by Gasteiger charge is 2.31.